The summed E-state index contributed by atoms with van der Waals surface area (Å²) in [5.74, 6) is 1.63. The quantitative estimate of drug-likeness (QED) is 0.785. The Morgan fingerprint density at radius 3 is 3.12 bits per heavy atom. The van der Waals surface area contributed by atoms with Gasteiger partial charge in [-0.05, 0) is 37.9 Å². The largest absolute Gasteiger partial charge is 0.493 e. The van der Waals surface area contributed by atoms with Crippen molar-refractivity contribution >= 4 is 0 Å². The summed E-state index contributed by atoms with van der Waals surface area (Å²) in [6.45, 7) is 2.90. The Kier molecular flexibility index (Phi) is 2.56. The van der Waals surface area contributed by atoms with Crippen LogP contribution in [0.3, 0.4) is 0 Å². The van der Waals surface area contributed by atoms with E-state index in [0.29, 0.717) is 18.4 Å². The highest BCUT2D eigenvalue weighted by Gasteiger charge is 2.32. The topological polar surface area (TPSA) is 21.3 Å². The summed E-state index contributed by atoms with van der Waals surface area (Å²) >= 11 is 0. The summed E-state index contributed by atoms with van der Waals surface area (Å²) in [7, 11) is 0. The number of piperidine rings is 1. The number of fused-ring (bicyclic) bond motifs is 1. The molecule has 2 aliphatic rings. The first-order chi connectivity index (χ1) is 7.84. The van der Waals surface area contributed by atoms with Crippen LogP contribution in [0.4, 0.5) is 4.39 Å². The van der Waals surface area contributed by atoms with Crippen LogP contribution in [0.5, 0.6) is 5.75 Å². The molecule has 2 aliphatic heterocycles. The zero-order valence-corrected chi connectivity index (χ0v) is 9.21. The molecule has 1 aromatic rings. The summed E-state index contributed by atoms with van der Waals surface area (Å²) in [6.07, 6.45) is 2.48. The van der Waals surface area contributed by atoms with Gasteiger partial charge in [0.15, 0.2) is 0 Å². The minimum Gasteiger partial charge on any atom is -0.493 e. The first kappa shape index (κ1) is 10.1. The molecule has 0 radical (unpaired) electrons. The van der Waals surface area contributed by atoms with E-state index in [9.17, 15) is 4.39 Å². The Hall–Kier alpha value is -1.09. The monoisotopic (exact) mass is 221 g/mol. The summed E-state index contributed by atoms with van der Waals surface area (Å²) < 4.78 is 18.6. The maximum Gasteiger partial charge on any atom is 0.126 e. The Morgan fingerprint density at radius 1 is 1.38 bits per heavy atom. The second kappa shape index (κ2) is 4.06. The summed E-state index contributed by atoms with van der Waals surface area (Å²) in [4.78, 5) is 0. The van der Waals surface area contributed by atoms with Crippen LogP contribution < -0.4 is 10.1 Å². The van der Waals surface area contributed by atoms with E-state index < -0.39 is 0 Å². The average molecular weight is 221 g/mol. The molecule has 1 aromatic carbocycles. The van der Waals surface area contributed by atoms with Crippen molar-refractivity contribution in [1.82, 2.24) is 5.32 Å². The van der Waals surface area contributed by atoms with Gasteiger partial charge in [-0.15, -0.1) is 0 Å². The number of hydrogen-bond acceptors (Lipinski definition) is 2. The Morgan fingerprint density at radius 2 is 2.31 bits per heavy atom. The molecular formula is C13H16FNO. The third kappa shape index (κ3) is 1.69. The molecule has 0 bridgehead atoms. The SMILES string of the molecule is Fc1ccc2c(c1)OCC2C1CCCNC1. The highest BCUT2D eigenvalue weighted by molar-refractivity contribution is 5.40. The average Bonchev–Trinajstić information content (AvgIpc) is 2.73. The first-order valence-corrected chi connectivity index (χ1v) is 5.97. The molecule has 3 heteroatoms. The maximum absolute atomic E-state index is 13.0. The van der Waals surface area contributed by atoms with E-state index in [1.807, 2.05) is 6.07 Å². The van der Waals surface area contributed by atoms with Gasteiger partial charge in [-0.25, -0.2) is 4.39 Å². The van der Waals surface area contributed by atoms with Crippen LogP contribution in [0.15, 0.2) is 18.2 Å². The maximum atomic E-state index is 13.0. The highest BCUT2D eigenvalue weighted by Crippen LogP contribution is 2.40. The fourth-order valence-electron chi connectivity index (χ4n) is 2.82. The van der Waals surface area contributed by atoms with E-state index in [2.05, 4.69) is 5.32 Å². The van der Waals surface area contributed by atoms with E-state index in [0.717, 1.165) is 18.8 Å². The molecule has 2 heterocycles. The number of benzene rings is 1. The zero-order valence-electron chi connectivity index (χ0n) is 9.21. The Labute approximate surface area is 94.8 Å². The van der Waals surface area contributed by atoms with Gasteiger partial charge in [-0.1, -0.05) is 6.07 Å². The predicted octanol–water partition coefficient (Wildman–Crippen LogP) is 2.30. The van der Waals surface area contributed by atoms with Crippen molar-refractivity contribution in [3.63, 3.8) is 0 Å². The molecule has 0 spiro atoms. The molecule has 0 saturated carbocycles. The van der Waals surface area contributed by atoms with Crippen molar-refractivity contribution in [2.45, 2.75) is 18.8 Å². The molecule has 2 nitrogen and oxygen atoms in total. The van der Waals surface area contributed by atoms with Gasteiger partial charge in [-0.2, -0.15) is 0 Å². The van der Waals surface area contributed by atoms with Crippen LogP contribution >= 0.6 is 0 Å². The predicted molar refractivity (Wildman–Crippen MR) is 60.2 cm³/mol. The third-order valence-corrected chi connectivity index (χ3v) is 3.70. The molecule has 2 unspecified atom stereocenters. The van der Waals surface area contributed by atoms with Gasteiger partial charge < -0.3 is 10.1 Å². The smallest absolute Gasteiger partial charge is 0.126 e. The molecule has 1 fully saturated rings. The highest BCUT2D eigenvalue weighted by atomic mass is 19.1. The second-order valence-corrected chi connectivity index (χ2v) is 4.71. The van der Waals surface area contributed by atoms with Crippen molar-refractivity contribution < 1.29 is 9.13 Å². The van der Waals surface area contributed by atoms with Crippen molar-refractivity contribution in [3.8, 4) is 5.75 Å². The fourth-order valence-corrected chi connectivity index (χ4v) is 2.82. The van der Waals surface area contributed by atoms with Gasteiger partial charge in [0.25, 0.3) is 0 Å². The van der Waals surface area contributed by atoms with E-state index in [1.165, 1.54) is 30.5 Å². The van der Waals surface area contributed by atoms with Crippen LogP contribution in [0.1, 0.15) is 24.3 Å². The van der Waals surface area contributed by atoms with Crippen LogP contribution in [0.25, 0.3) is 0 Å². The molecule has 1 saturated heterocycles. The van der Waals surface area contributed by atoms with Crippen molar-refractivity contribution in [2.75, 3.05) is 19.7 Å². The van der Waals surface area contributed by atoms with Crippen LogP contribution in [-0.4, -0.2) is 19.7 Å². The van der Waals surface area contributed by atoms with Gasteiger partial charge in [0.2, 0.25) is 0 Å². The third-order valence-electron chi connectivity index (χ3n) is 3.70. The minimum atomic E-state index is -0.207. The lowest BCUT2D eigenvalue weighted by molar-refractivity contribution is 0.257. The molecule has 16 heavy (non-hydrogen) atoms. The zero-order chi connectivity index (χ0) is 11.0. The first-order valence-electron chi connectivity index (χ1n) is 5.97. The minimum absolute atomic E-state index is 0.207. The van der Waals surface area contributed by atoms with Gasteiger partial charge >= 0.3 is 0 Å². The molecule has 2 atom stereocenters. The van der Waals surface area contributed by atoms with Gasteiger partial charge in [0, 0.05) is 17.5 Å². The van der Waals surface area contributed by atoms with E-state index in [-0.39, 0.29) is 5.82 Å². The molecule has 0 amide bonds. The molecule has 3 rings (SSSR count). The lowest BCUT2D eigenvalue weighted by Crippen LogP contribution is -2.33. The lowest BCUT2D eigenvalue weighted by atomic mass is 9.83. The van der Waals surface area contributed by atoms with Crippen molar-refractivity contribution in [3.05, 3.63) is 29.6 Å². The molecule has 86 valence electrons. The van der Waals surface area contributed by atoms with Gasteiger partial charge in [0.05, 0.1) is 6.61 Å². The standard InChI is InChI=1S/C13H16FNO/c14-10-3-4-11-12(8-16-13(11)6-10)9-2-1-5-15-7-9/h3-4,6,9,12,15H,1-2,5,7-8H2. The van der Waals surface area contributed by atoms with Crippen LogP contribution in [0, 0.1) is 11.7 Å². The fraction of sp³-hybridized carbons (Fsp3) is 0.538. The molecule has 0 aliphatic carbocycles. The van der Waals surface area contributed by atoms with Crippen molar-refractivity contribution in [1.29, 1.82) is 0 Å². The molecule has 1 N–H and O–H groups in total. The number of halogens is 1. The Balaban J connectivity index is 1.84. The summed E-state index contributed by atoms with van der Waals surface area (Å²) in [6, 6.07) is 4.93. The number of nitrogens with one attached hydrogen (secondary N) is 1. The number of hydrogen-bond donors (Lipinski definition) is 1. The summed E-state index contributed by atoms with van der Waals surface area (Å²) in [5.41, 5.74) is 1.19. The number of ether oxygens (including phenoxy) is 1. The van der Waals surface area contributed by atoms with E-state index in [4.69, 9.17) is 4.74 Å². The van der Waals surface area contributed by atoms with E-state index in [1.54, 1.807) is 0 Å². The number of rotatable bonds is 1. The second-order valence-electron chi connectivity index (χ2n) is 4.71. The summed E-state index contributed by atoms with van der Waals surface area (Å²) in [5, 5.41) is 3.42. The normalized spacial score (nSPS) is 28.6. The molecular weight excluding hydrogens is 205 g/mol. The van der Waals surface area contributed by atoms with Crippen LogP contribution in [-0.2, 0) is 0 Å². The van der Waals surface area contributed by atoms with E-state index >= 15 is 0 Å². The lowest BCUT2D eigenvalue weighted by Gasteiger charge is -2.27. The van der Waals surface area contributed by atoms with Crippen molar-refractivity contribution in [2.24, 2.45) is 5.92 Å². The Bertz CT molecular complexity index is 388. The van der Waals surface area contributed by atoms with Gasteiger partial charge in [0.1, 0.15) is 11.6 Å². The van der Waals surface area contributed by atoms with Crippen LogP contribution in [0.2, 0.25) is 0 Å². The van der Waals surface area contributed by atoms with Gasteiger partial charge in [-0.3, -0.25) is 0 Å². The molecule has 0 aromatic heterocycles.